The fourth-order valence-electron chi connectivity index (χ4n) is 6.67. The maximum absolute atomic E-state index is 5.64. The lowest BCUT2D eigenvalue weighted by Crippen LogP contribution is -2.46. The van der Waals surface area contributed by atoms with Crippen molar-refractivity contribution in [2.24, 2.45) is 5.73 Å². The lowest BCUT2D eigenvalue weighted by Gasteiger charge is -2.53. The van der Waals surface area contributed by atoms with E-state index in [1.165, 1.54) is 68.1 Å². The first-order valence-electron chi connectivity index (χ1n) is 12.7. The summed E-state index contributed by atoms with van der Waals surface area (Å²) >= 11 is 0. The third-order valence-corrected chi connectivity index (χ3v) is 8.81. The summed E-state index contributed by atoms with van der Waals surface area (Å²) in [6, 6.07) is 7.40. The van der Waals surface area contributed by atoms with Crippen molar-refractivity contribution in [3.63, 3.8) is 0 Å². The molecule has 6 nitrogen and oxygen atoms in total. The number of benzene rings is 1. The molecular formula is C26H36N6. The van der Waals surface area contributed by atoms with E-state index in [1.807, 2.05) is 0 Å². The maximum Gasteiger partial charge on any atom is 0.123 e. The van der Waals surface area contributed by atoms with Gasteiger partial charge in [0, 0.05) is 23.7 Å². The number of unbranched alkanes of at least 4 members (excludes halogenated alkanes) is 1. The van der Waals surface area contributed by atoms with Crippen LogP contribution < -0.4 is 11.1 Å². The van der Waals surface area contributed by atoms with Gasteiger partial charge in [-0.05, 0) is 100 Å². The molecule has 2 bridgehead atoms. The topological polar surface area (TPSA) is 95.4 Å². The lowest BCUT2D eigenvalue weighted by atomic mass is 9.51. The number of imidazole rings is 2. The van der Waals surface area contributed by atoms with Gasteiger partial charge in [0.25, 0.3) is 0 Å². The minimum Gasteiger partial charge on any atom is -0.344 e. The summed E-state index contributed by atoms with van der Waals surface area (Å²) in [5.74, 6) is 2.25. The van der Waals surface area contributed by atoms with Crippen LogP contribution >= 0.6 is 0 Å². The molecule has 1 unspecified atom stereocenters. The first kappa shape index (κ1) is 20.4. The van der Waals surface area contributed by atoms with Crippen LogP contribution in [0.2, 0.25) is 0 Å². The van der Waals surface area contributed by atoms with E-state index in [1.54, 1.807) is 0 Å². The van der Waals surface area contributed by atoms with Crippen LogP contribution in [0.4, 0.5) is 0 Å². The molecule has 0 radical (unpaired) electrons. The second-order valence-corrected chi connectivity index (χ2v) is 10.6. The van der Waals surface area contributed by atoms with Crippen LogP contribution in [-0.2, 0) is 17.3 Å². The molecule has 4 fully saturated rings. The molecule has 1 aromatic carbocycles. The lowest BCUT2D eigenvalue weighted by molar-refractivity contribution is 0.0990. The molecule has 1 saturated heterocycles. The standard InChI is InChI=1S/C26H36N6/c27-14-2-1-5-23-30-19-7-6-18(16-21(19)31-23)25-8-11-26(12-9-25,13-10-25)22-17-29-24(32-22)20-4-3-15-28-20/h6-7,16-17,20,28H,1-5,8-15,27H2,(H,29,32)(H,30,31). The molecule has 4 aliphatic rings. The average molecular weight is 433 g/mol. The number of aromatic nitrogens is 4. The highest BCUT2D eigenvalue weighted by molar-refractivity contribution is 5.76. The molecule has 2 aromatic heterocycles. The monoisotopic (exact) mass is 432 g/mol. The Morgan fingerprint density at radius 1 is 1.00 bits per heavy atom. The van der Waals surface area contributed by atoms with Crippen molar-refractivity contribution >= 4 is 11.0 Å². The summed E-state index contributed by atoms with van der Waals surface area (Å²) in [6.45, 7) is 1.87. The van der Waals surface area contributed by atoms with Gasteiger partial charge in [-0.2, -0.15) is 0 Å². The molecule has 0 spiro atoms. The number of nitrogens with one attached hydrogen (secondary N) is 3. The van der Waals surface area contributed by atoms with Gasteiger partial charge in [-0.3, -0.25) is 0 Å². The van der Waals surface area contributed by atoms with Gasteiger partial charge in [-0.15, -0.1) is 0 Å². The predicted molar refractivity (Wildman–Crippen MR) is 128 cm³/mol. The molecular weight excluding hydrogens is 396 g/mol. The van der Waals surface area contributed by atoms with Crippen molar-refractivity contribution in [1.82, 2.24) is 25.3 Å². The molecule has 3 heterocycles. The van der Waals surface area contributed by atoms with Crippen molar-refractivity contribution in [3.8, 4) is 0 Å². The number of hydrogen-bond acceptors (Lipinski definition) is 4. The number of rotatable bonds is 7. The number of aromatic amines is 2. The highest BCUT2D eigenvalue weighted by atomic mass is 15.0. The van der Waals surface area contributed by atoms with Gasteiger partial charge < -0.3 is 21.0 Å². The van der Waals surface area contributed by atoms with Crippen molar-refractivity contribution in [1.29, 1.82) is 0 Å². The van der Waals surface area contributed by atoms with E-state index in [4.69, 9.17) is 15.7 Å². The van der Waals surface area contributed by atoms with E-state index in [0.29, 0.717) is 16.9 Å². The van der Waals surface area contributed by atoms with Crippen LogP contribution in [0.5, 0.6) is 0 Å². The third kappa shape index (κ3) is 3.39. The van der Waals surface area contributed by atoms with Gasteiger partial charge in [-0.1, -0.05) is 6.07 Å². The van der Waals surface area contributed by atoms with Gasteiger partial charge in [0.1, 0.15) is 11.6 Å². The normalized spacial score (nSPS) is 29.8. The number of aryl methyl sites for hydroxylation is 1. The van der Waals surface area contributed by atoms with Crippen LogP contribution in [0.1, 0.15) is 93.2 Å². The molecule has 3 saturated carbocycles. The molecule has 7 rings (SSSR count). The molecule has 1 aliphatic heterocycles. The van der Waals surface area contributed by atoms with E-state index >= 15 is 0 Å². The fourth-order valence-corrected chi connectivity index (χ4v) is 6.67. The summed E-state index contributed by atoms with van der Waals surface area (Å²) in [5.41, 5.74) is 11.5. The summed E-state index contributed by atoms with van der Waals surface area (Å²) in [7, 11) is 0. The maximum atomic E-state index is 5.64. The van der Waals surface area contributed by atoms with Crippen LogP contribution in [-0.4, -0.2) is 33.0 Å². The Morgan fingerprint density at radius 2 is 1.81 bits per heavy atom. The van der Waals surface area contributed by atoms with Crippen LogP contribution in [0.15, 0.2) is 24.4 Å². The van der Waals surface area contributed by atoms with Crippen molar-refractivity contribution in [2.45, 2.75) is 87.5 Å². The van der Waals surface area contributed by atoms with Gasteiger partial charge in [-0.25, -0.2) is 9.97 Å². The highest BCUT2D eigenvalue weighted by Gasteiger charge is 2.51. The summed E-state index contributed by atoms with van der Waals surface area (Å²) in [6.07, 6.45) is 15.3. The molecule has 0 amide bonds. The zero-order chi connectivity index (χ0) is 21.6. The molecule has 6 heteroatoms. The highest BCUT2D eigenvalue weighted by Crippen LogP contribution is 2.58. The van der Waals surface area contributed by atoms with Crippen molar-refractivity contribution in [2.75, 3.05) is 13.1 Å². The smallest absolute Gasteiger partial charge is 0.123 e. The molecule has 5 N–H and O–H groups in total. The number of nitrogens with zero attached hydrogens (tertiary/aromatic N) is 2. The zero-order valence-corrected chi connectivity index (χ0v) is 19.1. The summed E-state index contributed by atoms with van der Waals surface area (Å²) in [5, 5.41) is 3.58. The zero-order valence-electron chi connectivity index (χ0n) is 19.1. The van der Waals surface area contributed by atoms with E-state index in [9.17, 15) is 0 Å². The van der Waals surface area contributed by atoms with Crippen LogP contribution in [0, 0.1) is 0 Å². The number of nitrogens with two attached hydrogens (primary N) is 1. The summed E-state index contributed by atoms with van der Waals surface area (Å²) in [4.78, 5) is 16.9. The Hall–Kier alpha value is -2.18. The Morgan fingerprint density at radius 3 is 2.56 bits per heavy atom. The minimum atomic E-state index is 0.305. The van der Waals surface area contributed by atoms with Crippen molar-refractivity contribution < 1.29 is 0 Å². The van der Waals surface area contributed by atoms with Gasteiger partial charge in [0.15, 0.2) is 0 Å². The molecule has 3 aromatic rings. The Kier molecular flexibility index (Phi) is 5.10. The van der Waals surface area contributed by atoms with Gasteiger partial charge in [0.2, 0.25) is 0 Å². The van der Waals surface area contributed by atoms with E-state index in [-0.39, 0.29) is 0 Å². The Balaban J connectivity index is 1.19. The SMILES string of the molecule is NCCCCc1nc2ccc(C34CCC(c5cnc(C6CCCN6)[nH]5)(CC3)CC4)cc2[nH]1. The van der Waals surface area contributed by atoms with Crippen molar-refractivity contribution in [3.05, 3.63) is 47.3 Å². The van der Waals surface area contributed by atoms with Crippen LogP contribution in [0.25, 0.3) is 11.0 Å². The Labute approximate surface area is 190 Å². The average Bonchev–Trinajstić information content (AvgIpc) is 3.60. The molecule has 32 heavy (non-hydrogen) atoms. The third-order valence-electron chi connectivity index (χ3n) is 8.81. The number of hydrogen-bond donors (Lipinski definition) is 4. The first-order chi connectivity index (χ1) is 15.7. The second kappa shape index (κ2) is 7.99. The molecule has 1 atom stereocenters. The summed E-state index contributed by atoms with van der Waals surface area (Å²) < 4.78 is 0. The fraction of sp³-hybridized carbons (Fsp3) is 0.615. The predicted octanol–water partition coefficient (Wildman–Crippen LogP) is 4.54. The molecule has 3 aliphatic carbocycles. The van der Waals surface area contributed by atoms with E-state index in [0.717, 1.165) is 49.5 Å². The molecule has 170 valence electrons. The van der Waals surface area contributed by atoms with E-state index < -0.39 is 0 Å². The van der Waals surface area contributed by atoms with Gasteiger partial charge in [0.05, 0.1) is 17.1 Å². The van der Waals surface area contributed by atoms with Gasteiger partial charge >= 0.3 is 0 Å². The largest absolute Gasteiger partial charge is 0.344 e. The second-order valence-electron chi connectivity index (χ2n) is 10.6. The minimum absolute atomic E-state index is 0.305. The van der Waals surface area contributed by atoms with Crippen LogP contribution in [0.3, 0.4) is 0 Å². The van der Waals surface area contributed by atoms with E-state index in [2.05, 4.69) is 39.7 Å². The Bertz CT molecular complexity index is 1060. The number of fused-ring (bicyclic) bond motifs is 4. The quantitative estimate of drug-likeness (QED) is 0.412. The first-order valence-corrected chi connectivity index (χ1v) is 12.7. The number of H-pyrrole nitrogens is 2.